The molecule has 2 saturated carbocycles. The second-order valence-corrected chi connectivity index (χ2v) is 2.18. The van der Waals surface area contributed by atoms with E-state index in [4.69, 9.17) is 5.73 Å². The summed E-state index contributed by atoms with van der Waals surface area (Å²) in [6.45, 7) is 0. The van der Waals surface area contributed by atoms with Gasteiger partial charge in [0.05, 0.1) is 0 Å². The number of nitrogens with two attached hydrogens (primary N) is 1. The standard InChI is InChI=1S/C5H6N.C5H5.Fe/c6-5-3-1-2-4-5;1-2-4-5-3-1;/h1-4H,6H2;1-5H;/q;;+2. The maximum atomic E-state index is 5.28. The zero-order valence-electron chi connectivity index (χ0n) is 6.63. The summed E-state index contributed by atoms with van der Waals surface area (Å²) in [7, 11) is 0. The quantitative estimate of drug-likeness (QED) is 0.588. The van der Waals surface area contributed by atoms with E-state index < -0.39 is 0 Å². The second-order valence-electron chi connectivity index (χ2n) is 2.18. The van der Waals surface area contributed by atoms with E-state index in [-0.39, 0.29) is 17.1 Å². The van der Waals surface area contributed by atoms with Gasteiger partial charge in [0, 0.05) is 6.04 Å². The first-order valence-electron chi connectivity index (χ1n) is 3.53. The fourth-order valence-electron chi connectivity index (χ4n) is 0.710. The Kier molecular flexibility index (Phi) is 8.42. The van der Waals surface area contributed by atoms with Crippen LogP contribution in [0.5, 0.6) is 0 Å². The Balaban J connectivity index is 0.000000189. The van der Waals surface area contributed by atoms with Crippen LogP contribution in [0.1, 0.15) is 0 Å². The van der Waals surface area contributed by atoms with Gasteiger partial charge in [-0.1, -0.05) is 0 Å². The van der Waals surface area contributed by atoms with Crippen LogP contribution in [0, 0.1) is 63.8 Å². The number of hydrogen-bond acceptors (Lipinski definition) is 1. The first kappa shape index (κ1) is 12.5. The van der Waals surface area contributed by atoms with Gasteiger partial charge < -0.3 is 5.73 Å². The first-order chi connectivity index (χ1) is 5.39. The first-order valence-corrected chi connectivity index (χ1v) is 3.53. The SMILES string of the molecule is N[C]1[CH][CH][CH][CH]1.[CH]1[CH][CH][CH][CH]1.[Fe+2]. The molecule has 0 aromatic heterocycles. The Morgan fingerprint density at radius 2 is 1.00 bits per heavy atom. The topological polar surface area (TPSA) is 26.0 Å². The summed E-state index contributed by atoms with van der Waals surface area (Å²) in [6, 6.07) is 0.843. The Labute approximate surface area is 87.0 Å². The molecule has 0 unspecified atom stereocenters. The van der Waals surface area contributed by atoms with E-state index in [9.17, 15) is 0 Å². The average Bonchev–Trinajstić information content (AvgIpc) is 2.57. The molecule has 2 aliphatic carbocycles. The maximum absolute atomic E-state index is 5.28. The molecule has 2 heteroatoms. The van der Waals surface area contributed by atoms with Crippen LogP contribution >= 0.6 is 0 Å². The van der Waals surface area contributed by atoms with Gasteiger partial charge in [-0.15, -0.1) is 0 Å². The minimum Gasteiger partial charge on any atom is -0.323 e. The van der Waals surface area contributed by atoms with Gasteiger partial charge in [-0.05, 0) is 57.8 Å². The van der Waals surface area contributed by atoms with Crippen LogP contribution in [0.15, 0.2) is 0 Å². The second kappa shape index (κ2) is 8.09. The zero-order valence-corrected chi connectivity index (χ0v) is 7.73. The summed E-state index contributed by atoms with van der Waals surface area (Å²) < 4.78 is 0. The van der Waals surface area contributed by atoms with Crippen LogP contribution in [0.2, 0.25) is 0 Å². The molecule has 62 valence electrons. The maximum Gasteiger partial charge on any atom is 2.00 e. The predicted molar refractivity (Wildman–Crippen MR) is 46.1 cm³/mol. The smallest absolute Gasteiger partial charge is 0.323 e. The third-order valence-corrected chi connectivity index (χ3v) is 1.24. The van der Waals surface area contributed by atoms with Crippen molar-refractivity contribution in [2.75, 3.05) is 0 Å². The van der Waals surface area contributed by atoms with Crippen LogP contribution in [-0.4, -0.2) is 0 Å². The van der Waals surface area contributed by atoms with Gasteiger partial charge in [-0.3, -0.25) is 0 Å². The molecule has 0 amide bonds. The normalized spacial score (nSPS) is 22.8. The minimum atomic E-state index is 0. The molecule has 0 aromatic carbocycles. The predicted octanol–water partition coefficient (Wildman–Crippen LogP) is 1.33. The number of hydrogen-bond donors (Lipinski definition) is 1. The Morgan fingerprint density at radius 1 is 0.667 bits per heavy atom. The molecule has 2 N–H and O–H groups in total. The van der Waals surface area contributed by atoms with Gasteiger partial charge >= 0.3 is 17.1 Å². The molecule has 0 aliphatic heterocycles. The van der Waals surface area contributed by atoms with Crippen molar-refractivity contribution in [2.24, 2.45) is 5.73 Å². The van der Waals surface area contributed by atoms with E-state index in [2.05, 4.69) is 0 Å². The van der Waals surface area contributed by atoms with Crippen molar-refractivity contribution in [2.45, 2.75) is 0 Å². The molecule has 0 bridgehead atoms. The molecule has 2 aliphatic rings. The number of rotatable bonds is 0. The largest absolute Gasteiger partial charge is 2.00 e. The summed E-state index contributed by atoms with van der Waals surface area (Å²) >= 11 is 0. The van der Waals surface area contributed by atoms with Crippen LogP contribution < -0.4 is 5.73 Å². The zero-order chi connectivity index (χ0) is 7.94. The van der Waals surface area contributed by atoms with Crippen LogP contribution in [0.3, 0.4) is 0 Å². The molecule has 0 spiro atoms. The Morgan fingerprint density at radius 3 is 1.17 bits per heavy atom. The minimum absolute atomic E-state index is 0. The van der Waals surface area contributed by atoms with E-state index in [1.165, 1.54) is 0 Å². The third-order valence-electron chi connectivity index (χ3n) is 1.24. The Hall–Kier alpha value is 0.479. The molecule has 2 rings (SSSR count). The molecule has 1 nitrogen and oxygen atoms in total. The molecular weight excluding hydrogens is 190 g/mol. The van der Waals surface area contributed by atoms with E-state index in [1.54, 1.807) is 0 Å². The van der Waals surface area contributed by atoms with E-state index >= 15 is 0 Å². The van der Waals surface area contributed by atoms with Crippen LogP contribution in [-0.2, 0) is 17.1 Å². The van der Waals surface area contributed by atoms with Gasteiger partial charge in [0.15, 0.2) is 0 Å². The van der Waals surface area contributed by atoms with E-state index in [1.807, 2.05) is 57.8 Å². The van der Waals surface area contributed by atoms with Crippen molar-refractivity contribution < 1.29 is 17.1 Å². The molecular formula is C10H11FeN+2. The van der Waals surface area contributed by atoms with Crippen molar-refractivity contribution >= 4 is 0 Å². The Bertz CT molecular complexity index is 78.2. The average molecular weight is 201 g/mol. The van der Waals surface area contributed by atoms with Crippen molar-refractivity contribution in [3.63, 3.8) is 0 Å². The van der Waals surface area contributed by atoms with Crippen molar-refractivity contribution in [3.8, 4) is 0 Å². The molecule has 0 saturated heterocycles. The van der Waals surface area contributed by atoms with Gasteiger partial charge in [0.25, 0.3) is 0 Å². The molecule has 0 heterocycles. The van der Waals surface area contributed by atoms with Gasteiger partial charge in [0.1, 0.15) is 0 Å². The molecule has 10 radical (unpaired) electrons. The van der Waals surface area contributed by atoms with Crippen LogP contribution in [0.4, 0.5) is 0 Å². The summed E-state index contributed by atoms with van der Waals surface area (Å²) in [6.07, 6.45) is 17.5. The summed E-state index contributed by atoms with van der Waals surface area (Å²) in [5, 5.41) is 0. The van der Waals surface area contributed by atoms with E-state index in [0.29, 0.717) is 0 Å². The van der Waals surface area contributed by atoms with Crippen molar-refractivity contribution in [1.29, 1.82) is 0 Å². The van der Waals surface area contributed by atoms with Crippen LogP contribution in [0.25, 0.3) is 0 Å². The summed E-state index contributed by atoms with van der Waals surface area (Å²) in [4.78, 5) is 0. The van der Waals surface area contributed by atoms with Crippen molar-refractivity contribution in [3.05, 3.63) is 63.8 Å². The monoisotopic (exact) mass is 201 g/mol. The summed E-state index contributed by atoms with van der Waals surface area (Å²) in [5.41, 5.74) is 5.28. The van der Waals surface area contributed by atoms with E-state index in [0.717, 1.165) is 6.04 Å². The fraction of sp³-hybridized carbons (Fsp3) is 0. The van der Waals surface area contributed by atoms with Gasteiger partial charge in [-0.2, -0.15) is 0 Å². The molecule has 0 aromatic rings. The molecule has 2 fully saturated rings. The van der Waals surface area contributed by atoms with Gasteiger partial charge in [-0.25, -0.2) is 0 Å². The van der Waals surface area contributed by atoms with Crippen molar-refractivity contribution in [1.82, 2.24) is 0 Å². The molecule has 12 heavy (non-hydrogen) atoms. The third kappa shape index (κ3) is 6.05. The van der Waals surface area contributed by atoms with Gasteiger partial charge in [0.2, 0.25) is 0 Å². The molecule has 0 atom stereocenters. The summed E-state index contributed by atoms with van der Waals surface area (Å²) in [5.74, 6) is 0. The fourth-order valence-corrected chi connectivity index (χ4v) is 0.710.